The fourth-order valence-corrected chi connectivity index (χ4v) is 3.28. The molecule has 0 radical (unpaired) electrons. The van der Waals surface area contributed by atoms with Gasteiger partial charge in [0.1, 0.15) is 17.3 Å². The van der Waals surface area contributed by atoms with E-state index in [9.17, 15) is 5.11 Å². The molecule has 0 spiro atoms. The van der Waals surface area contributed by atoms with Gasteiger partial charge in [0.15, 0.2) is 0 Å². The number of anilines is 1. The van der Waals surface area contributed by atoms with Crippen molar-refractivity contribution >= 4 is 11.5 Å². The number of rotatable bonds is 4. The van der Waals surface area contributed by atoms with E-state index in [2.05, 4.69) is 4.98 Å². The molecule has 5 nitrogen and oxygen atoms in total. The molecule has 130 valence electrons. The van der Waals surface area contributed by atoms with Crippen molar-refractivity contribution in [3.63, 3.8) is 0 Å². The van der Waals surface area contributed by atoms with E-state index in [-0.39, 0.29) is 11.8 Å². The quantitative estimate of drug-likeness (QED) is 0.772. The Labute approximate surface area is 152 Å². The van der Waals surface area contributed by atoms with Crippen LogP contribution in [0.25, 0.3) is 0 Å². The third-order valence-corrected chi connectivity index (χ3v) is 4.51. The lowest BCUT2D eigenvalue weighted by Crippen LogP contribution is -2.20. The van der Waals surface area contributed by atoms with E-state index in [4.69, 9.17) is 9.84 Å². The predicted molar refractivity (Wildman–Crippen MR) is 102 cm³/mol. The first-order valence-corrected chi connectivity index (χ1v) is 8.47. The maximum Gasteiger partial charge on any atom is 0.149 e. The van der Waals surface area contributed by atoms with Crippen LogP contribution in [-0.4, -0.2) is 22.9 Å². The Hall–Kier alpha value is -3.34. The Balaban J connectivity index is 1.80. The highest BCUT2D eigenvalue weighted by atomic mass is 16.5. The molecule has 2 heterocycles. The van der Waals surface area contributed by atoms with Crippen molar-refractivity contribution in [3.8, 4) is 11.5 Å². The number of phenolic OH excluding ortho intramolecular Hbond substituents is 1. The van der Waals surface area contributed by atoms with Crippen LogP contribution in [-0.2, 0) is 0 Å². The standard InChI is InChI=1S/C21H19N3O2/c1-26-20-11-5-3-9-16(20)18-14-17(15-8-2-4-10-19(15)25)23-24(18)21-12-6-7-13-22-21/h2-13,18,25H,14H2,1H3. The number of phenols is 1. The molecule has 1 N–H and O–H groups in total. The summed E-state index contributed by atoms with van der Waals surface area (Å²) >= 11 is 0. The summed E-state index contributed by atoms with van der Waals surface area (Å²) < 4.78 is 5.56. The van der Waals surface area contributed by atoms with E-state index in [1.807, 2.05) is 65.7 Å². The molecule has 1 atom stereocenters. The molecule has 1 aromatic heterocycles. The van der Waals surface area contributed by atoms with Crippen LogP contribution < -0.4 is 9.75 Å². The highest BCUT2D eigenvalue weighted by molar-refractivity contribution is 6.05. The van der Waals surface area contributed by atoms with Crippen molar-refractivity contribution < 1.29 is 9.84 Å². The molecule has 5 heteroatoms. The predicted octanol–water partition coefficient (Wildman–Crippen LogP) is 4.15. The lowest BCUT2D eigenvalue weighted by atomic mass is 9.97. The minimum atomic E-state index is -0.0596. The Bertz CT molecular complexity index is 941. The van der Waals surface area contributed by atoms with Gasteiger partial charge in [-0.15, -0.1) is 0 Å². The number of pyridine rings is 1. The molecule has 26 heavy (non-hydrogen) atoms. The second-order valence-corrected chi connectivity index (χ2v) is 6.06. The summed E-state index contributed by atoms with van der Waals surface area (Å²) in [5, 5.41) is 16.9. The minimum absolute atomic E-state index is 0.0596. The smallest absolute Gasteiger partial charge is 0.149 e. The van der Waals surface area contributed by atoms with Crippen LogP contribution in [0.1, 0.15) is 23.6 Å². The molecular formula is C21H19N3O2. The van der Waals surface area contributed by atoms with Gasteiger partial charge in [-0.25, -0.2) is 9.99 Å². The number of aromatic nitrogens is 1. The van der Waals surface area contributed by atoms with E-state index >= 15 is 0 Å². The van der Waals surface area contributed by atoms with Gasteiger partial charge < -0.3 is 9.84 Å². The first-order chi connectivity index (χ1) is 12.8. The Morgan fingerprint density at radius 3 is 2.54 bits per heavy atom. The molecule has 4 rings (SSSR count). The number of hydrogen-bond acceptors (Lipinski definition) is 5. The van der Waals surface area contributed by atoms with Crippen LogP contribution in [0, 0.1) is 0 Å². The molecule has 0 saturated heterocycles. The van der Waals surface area contributed by atoms with Gasteiger partial charge in [0, 0.05) is 23.7 Å². The van der Waals surface area contributed by atoms with Crippen LogP contribution in [0.3, 0.4) is 0 Å². The van der Waals surface area contributed by atoms with E-state index in [0.717, 1.165) is 28.4 Å². The largest absolute Gasteiger partial charge is 0.507 e. The third-order valence-electron chi connectivity index (χ3n) is 4.51. The van der Waals surface area contributed by atoms with Crippen molar-refractivity contribution in [3.05, 3.63) is 84.1 Å². The fourth-order valence-electron chi connectivity index (χ4n) is 3.28. The number of hydrazone groups is 1. The van der Waals surface area contributed by atoms with E-state index in [0.29, 0.717) is 6.42 Å². The number of hydrogen-bond donors (Lipinski definition) is 1. The van der Waals surface area contributed by atoms with Crippen LogP contribution in [0.5, 0.6) is 11.5 Å². The van der Waals surface area contributed by atoms with Crippen LogP contribution in [0.15, 0.2) is 78.0 Å². The van der Waals surface area contributed by atoms with Crippen LogP contribution >= 0.6 is 0 Å². The van der Waals surface area contributed by atoms with Gasteiger partial charge in [-0.1, -0.05) is 36.4 Å². The van der Waals surface area contributed by atoms with Gasteiger partial charge in [-0.3, -0.25) is 0 Å². The molecule has 0 bridgehead atoms. The number of benzene rings is 2. The molecule has 3 aromatic rings. The molecule has 1 unspecified atom stereocenters. The normalized spacial score (nSPS) is 16.4. The average Bonchev–Trinajstić information content (AvgIpc) is 3.14. The maximum absolute atomic E-state index is 10.2. The van der Waals surface area contributed by atoms with Crippen molar-refractivity contribution in [2.45, 2.75) is 12.5 Å². The molecule has 0 fully saturated rings. The molecule has 1 aliphatic heterocycles. The summed E-state index contributed by atoms with van der Waals surface area (Å²) in [7, 11) is 1.67. The molecule has 0 aliphatic carbocycles. The zero-order valence-electron chi connectivity index (χ0n) is 14.4. The second-order valence-electron chi connectivity index (χ2n) is 6.06. The van der Waals surface area contributed by atoms with E-state index < -0.39 is 0 Å². The number of para-hydroxylation sites is 2. The Morgan fingerprint density at radius 2 is 1.77 bits per heavy atom. The zero-order chi connectivity index (χ0) is 17.9. The monoisotopic (exact) mass is 345 g/mol. The van der Waals surface area contributed by atoms with Gasteiger partial charge in [0.05, 0.1) is 18.9 Å². The number of ether oxygens (including phenoxy) is 1. The summed E-state index contributed by atoms with van der Waals surface area (Å²) in [6.07, 6.45) is 2.40. The summed E-state index contributed by atoms with van der Waals surface area (Å²) in [5.41, 5.74) is 2.60. The summed E-state index contributed by atoms with van der Waals surface area (Å²) in [6.45, 7) is 0. The van der Waals surface area contributed by atoms with Crippen molar-refractivity contribution in [1.82, 2.24) is 4.98 Å². The summed E-state index contributed by atoms with van der Waals surface area (Å²) in [4.78, 5) is 4.46. The van der Waals surface area contributed by atoms with E-state index in [1.165, 1.54) is 0 Å². The van der Waals surface area contributed by atoms with Crippen molar-refractivity contribution in [2.75, 3.05) is 12.1 Å². The molecule has 1 aliphatic rings. The summed E-state index contributed by atoms with van der Waals surface area (Å²) in [6, 6.07) is 20.9. The Morgan fingerprint density at radius 1 is 1.00 bits per heavy atom. The SMILES string of the molecule is COc1ccccc1C1CC(c2ccccc2O)=NN1c1ccccn1. The van der Waals surface area contributed by atoms with Crippen LogP contribution in [0.2, 0.25) is 0 Å². The van der Waals surface area contributed by atoms with Gasteiger partial charge in [0.25, 0.3) is 0 Å². The molecular weight excluding hydrogens is 326 g/mol. The summed E-state index contributed by atoms with van der Waals surface area (Å²) in [5.74, 6) is 1.80. The van der Waals surface area contributed by atoms with Gasteiger partial charge >= 0.3 is 0 Å². The van der Waals surface area contributed by atoms with Crippen LogP contribution in [0.4, 0.5) is 5.82 Å². The lowest BCUT2D eigenvalue weighted by molar-refractivity contribution is 0.405. The minimum Gasteiger partial charge on any atom is -0.507 e. The lowest BCUT2D eigenvalue weighted by Gasteiger charge is -2.24. The molecule has 0 saturated carbocycles. The third kappa shape index (κ3) is 2.88. The number of methoxy groups -OCH3 is 1. The highest BCUT2D eigenvalue weighted by Gasteiger charge is 2.33. The van der Waals surface area contributed by atoms with E-state index in [1.54, 1.807) is 19.4 Å². The van der Waals surface area contributed by atoms with Crippen molar-refractivity contribution in [2.24, 2.45) is 5.10 Å². The number of aromatic hydroxyl groups is 1. The highest BCUT2D eigenvalue weighted by Crippen LogP contribution is 2.40. The first-order valence-electron chi connectivity index (χ1n) is 8.47. The topological polar surface area (TPSA) is 58.0 Å². The number of nitrogens with zero attached hydrogens (tertiary/aromatic N) is 3. The average molecular weight is 345 g/mol. The fraction of sp³-hybridized carbons (Fsp3) is 0.143. The van der Waals surface area contributed by atoms with Gasteiger partial charge in [-0.2, -0.15) is 5.10 Å². The van der Waals surface area contributed by atoms with Gasteiger partial charge in [0.2, 0.25) is 0 Å². The van der Waals surface area contributed by atoms with Gasteiger partial charge in [-0.05, 0) is 30.3 Å². The van der Waals surface area contributed by atoms with Crippen molar-refractivity contribution in [1.29, 1.82) is 0 Å². The first kappa shape index (κ1) is 16.1. The Kier molecular flexibility index (Phi) is 4.27. The maximum atomic E-state index is 10.2. The molecule has 2 aromatic carbocycles. The zero-order valence-corrected chi connectivity index (χ0v) is 14.4. The molecule has 0 amide bonds. The second kappa shape index (κ2) is 6.88.